The number of fused-ring (bicyclic) bond motifs is 1. The second-order valence-electron chi connectivity index (χ2n) is 9.38. The number of alkyl halides is 1. The van der Waals surface area contributed by atoms with E-state index in [2.05, 4.69) is 9.88 Å². The molecule has 1 unspecified atom stereocenters. The third-order valence-corrected chi connectivity index (χ3v) is 9.14. The van der Waals surface area contributed by atoms with Gasteiger partial charge in [0.05, 0.1) is 28.6 Å². The Hall–Kier alpha value is -2.06. The first-order chi connectivity index (χ1) is 17.9. The number of ether oxygens (including phenoxy) is 1. The molecule has 9 heteroatoms. The van der Waals surface area contributed by atoms with Gasteiger partial charge in [-0.25, -0.2) is 4.39 Å². The van der Waals surface area contributed by atoms with Gasteiger partial charge in [0.15, 0.2) is 0 Å². The van der Waals surface area contributed by atoms with Crippen molar-refractivity contribution >= 4 is 51.8 Å². The molecule has 1 saturated heterocycles. The zero-order valence-electron chi connectivity index (χ0n) is 20.7. The summed E-state index contributed by atoms with van der Waals surface area (Å²) in [6, 6.07) is 12.7. The Morgan fingerprint density at radius 2 is 2.14 bits per heavy atom. The van der Waals surface area contributed by atoms with Crippen molar-refractivity contribution in [1.82, 2.24) is 9.88 Å². The van der Waals surface area contributed by atoms with E-state index >= 15 is 4.39 Å². The molecule has 0 spiro atoms. The molecule has 1 N–H and O–H groups in total. The maximum absolute atomic E-state index is 15.4. The van der Waals surface area contributed by atoms with E-state index in [1.807, 2.05) is 24.3 Å². The van der Waals surface area contributed by atoms with E-state index < -0.39 is 18.1 Å². The van der Waals surface area contributed by atoms with Crippen molar-refractivity contribution in [3.05, 3.63) is 64.3 Å². The Balaban J connectivity index is 1.30. The van der Waals surface area contributed by atoms with Crippen molar-refractivity contribution in [2.45, 2.75) is 36.8 Å². The molecule has 3 aromatic rings. The number of halogens is 3. The quantitative estimate of drug-likeness (QED) is 0.191. The molecule has 0 aliphatic carbocycles. The molecular weight excluding hydrogens is 534 g/mol. The van der Waals surface area contributed by atoms with Crippen LogP contribution in [0.15, 0.2) is 53.6 Å². The summed E-state index contributed by atoms with van der Waals surface area (Å²) in [6.45, 7) is 2.14. The largest absolute Gasteiger partial charge is 0.497 e. The average Bonchev–Trinajstić information content (AvgIpc) is 2.91. The van der Waals surface area contributed by atoms with Gasteiger partial charge in [-0.15, -0.1) is 11.8 Å². The molecule has 1 aliphatic rings. The summed E-state index contributed by atoms with van der Waals surface area (Å²) < 4.78 is 20.7. The molecule has 1 aliphatic heterocycles. The summed E-state index contributed by atoms with van der Waals surface area (Å²) in [7, 11) is 1.58. The van der Waals surface area contributed by atoms with Crippen molar-refractivity contribution in [2.75, 3.05) is 32.5 Å². The summed E-state index contributed by atoms with van der Waals surface area (Å²) >= 11 is 14.0. The van der Waals surface area contributed by atoms with Crippen molar-refractivity contribution in [3.8, 4) is 5.75 Å². The van der Waals surface area contributed by atoms with Crippen LogP contribution in [0.5, 0.6) is 5.75 Å². The number of piperidine rings is 1. The molecule has 198 valence electrons. The SMILES string of the molecule is COc1ccc2nccc(C(F)CC[C@@H]3CCN(CCCSc4cccc(Cl)c4Cl)C[C@@H]3C(=O)O)c2c1. The second kappa shape index (κ2) is 13.1. The van der Waals surface area contributed by atoms with Gasteiger partial charge in [0.25, 0.3) is 0 Å². The number of carbonyl (C=O) groups is 1. The van der Waals surface area contributed by atoms with E-state index in [1.54, 1.807) is 43.3 Å². The van der Waals surface area contributed by atoms with Crippen LogP contribution in [0.1, 0.15) is 37.4 Å². The van der Waals surface area contributed by atoms with E-state index in [0.29, 0.717) is 39.8 Å². The number of nitrogens with zero attached hydrogens (tertiary/aromatic N) is 2. The maximum Gasteiger partial charge on any atom is 0.308 e. The Kier molecular flexibility index (Phi) is 9.93. The zero-order valence-corrected chi connectivity index (χ0v) is 23.0. The molecule has 0 radical (unpaired) electrons. The van der Waals surface area contributed by atoms with E-state index in [9.17, 15) is 9.90 Å². The molecular formula is C28H31Cl2FN2O3S. The molecule has 5 nitrogen and oxygen atoms in total. The monoisotopic (exact) mass is 564 g/mol. The number of hydrogen-bond donors (Lipinski definition) is 1. The van der Waals surface area contributed by atoms with Gasteiger partial charge in [0, 0.05) is 23.0 Å². The number of methoxy groups -OCH3 is 1. The lowest BCUT2D eigenvalue weighted by Crippen LogP contribution is -2.44. The Labute approximate surface area is 231 Å². The fraction of sp³-hybridized carbons (Fsp3) is 0.429. The molecule has 3 atom stereocenters. The lowest BCUT2D eigenvalue weighted by molar-refractivity contribution is -0.146. The minimum absolute atomic E-state index is 0.0470. The first-order valence-electron chi connectivity index (χ1n) is 12.5. The predicted octanol–water partition coefficient (Wildman–Crippen LogP) is 7.55. The zero-order chi connectivity index (χ0) is 26.4. The molecule has 0 saturated carbocycles. The second-order valence-corrected chi connectivity index (χ2v) is 11.3. The molecule has 1 fully saturated rings. The fourth-order valence-electron chi connectivity index (χ4n) is 5.02. The lowest BCUT2D eigenvalue weighted by atomic mass is 9.81. The van der Waals surface area contributed by atoms with Gasteiger partial charge in [-0.2, -0.15) is 0 Å². The van der Waals surface area contributed by atoms with Gasteiger partial charge >= 0.3 is 5.97 Å². The van der Waals surface area contributed by atoms with E-state index in [1.165, 1.54) is 0 Å². The first kappa shape index (κ1) is 28.0. The minimum atomic E-state index is -1.19. The highest BCUT2D eigenvalue weighted by molar-refractivity contribution is 7.99. The number of hydrogen-bond acceptors (Lipinski definition) is 5. The van der Waals surface area contributed by atoms with Crippen LogP contribution in [0.25, 0.3) is 10.9 Å². The maximum atomic E-state index is 15.4. The third kappa shape index (κ3) is 7.08. The number of aromatic nitrogens is 1. The van der Waals surface area contributed by atoms with Gasteiger partial charge in [-0.3, -0.25) is 9.78 Å². The summed E-state index contributed by atoms with van der Waals surface area (Å²) in [4.78, 5) is 19.6. The number of thioether (sulfide) groups is 1. The van der Waals surface area contributed by atoms with Crippen molar-refractivity contribution in [1.29, 1.82) is 0 Å². The highest BCUT2D eigenvalue weighted by Gasteiger charge is 2.34. The standard InChI is InChI=1S/C28H31Cl2FN2O3S/c1-36-19-7-9-25-21(16-19)20(10-12-32-25)24(31)8-6-18-11-14-33(17-22(18)28(34)35)13-3-15-37-26-5-2-4-23(29)27(26)30/h2,4-5,7,9-10,12,16,18,22,24H,3,6,8,11,13-15,17H2,1H3,(H,34,35)/t18-,22+,24?/m1/s1. The summed E-state index contributed by atoms with van der Waals surface area (Å²) in [5, 5.41) is 11.8. The summed E-state index contributed by atoms with van der Waals surface area (Å²) in [5.41, 5.74) is 1.29. The minimum Gasteiger partial charge on any atom is -0.497 e. The fourth-order valence-corrected chi connectivity index (χ4v) is 6.45. The van der Waals surface area contributed by atoms with E-state index in [-0.39, 0.29) is 12.3 Å². The highest BCUT2D eigenvalue weighted by atomic mass is 35.5. The average molecular weight is 566 g/mol. The van der Waals surface area contributed by atoms with E-state index in [4.69, 9.17) is 27.9 Å². The number of aliphatic carboxylic acids is 1. The third-order valence-electron chi connectivity index (χ3n) is 7.06. The van der Waals surface area contributed by atoms with Crippen LogP contribution < -0.4 is 4.74 Å². The molecule has 2 aromatic carbocycles. The normalized spacial score (nSPS) is 19.1. The van der Waals surface area contributed by atoms with Gasteiger partial charge in [0.2, 0.25) is 0 Å². The summed E-state index contributed by atoms with van der Waals surface area (Å²) in [5.74, 6) is 0.177. The van der Waals surface area contributed by atoms with Gasteiger partial charge in [-0.1, -0.05) is 29.3 Å². The predicted molar refractivity (Wildman–Crippen MR) is 149 cm³/mol. The van der Waals surface area contributed by atoms with Gasteiger partial charge < -0.3 is 14.7 Å². The van der Waals surface area contributed by atoms with Crippen molar-refractivity contribution < 1.29 is 19.0 Å². The number of pyridine rings is 1. The first-order valence-corrected chi connectivity index (χ1v) is 14.2. The van der Waals surface area contributed by atoms with Gasteiger partial charge in [0.1, 0.15) is 11.9 Å². The number of likely N-dealkylation sites (tertiary alicyclic amines) is 1. The number of carboxylic acids is 1. The molecule has 2 heterocycles. The van der Waals surface area contributed by atoms with Crippen LogP contribution in [-0.4, -0.2) is 53.5 Å². The Morgan fingerprint density at radius 1 is 1.30 bits per heavy atom. The Bertz CT molecular complexity index is 1230. The van der Waals surface area contributed by atoms with Crippen LogP contribution >= 0.6 is 35.0 Å². The molecule has 37 heavy (non-hydrogen) atoms. The van der Waals surface area contributed by atoms with Crippen LogP contribution in [0.2, 0.25) is 10.0 Å². The van der Waals surface area contributed by atoms with Crippen LogP contribution in [0.3, 0.4) is 0 Å². The molecule has 4 rings (SSSR count). The smallest absolute Gasteiger partial charge is 0.308 e. The topological polar surface area (TPSA) is 62.7 Å². The number of benzene rings is 2. The van der Waals surface area contributed by atoms with Crippen molar-refractivity contribution in [2.24, 2.45) is 11.8 Å². The molecule has 0 bridgehead atoms. The highest BCUT2D eigenvalue weighted by Crippen LogP contribution is 2.36. The molecule has 0 amide bonds. The van der Waals surface area contributed by atoms with E-state index in [0.717, 1.165) is 42.0 Å². The van der Waals surface area contributed by atoms with Crippen LogP contribution in [-0.2, 0) is 4.79 Å². The lowest BCUT2D eigenvalue weighted by Gasteiger charge is -2.36. The van der Waals surface area contributed by atoms with Gasteiger partial charge in [-0.05, 0) is 92.4 Å². The number of rotatable bonds is 11. The number of carboxylic acid groups (broad SMARTS) is 1. The van der Waals surface area contributed by atoms with Crippen LogP contribution in [0, 0.1) is 11.8 Å². The Morgan fingerprint density at radius 3 is 2.92 bits per heavy atom. The summed E-state index contributed by atoms with van der Waals surface area (Å²) in [6.07, 6.45) is 2.90. The molecule has 1 aromatic heterocycles. The van der Waals surface area contributed by atoms with Crippen LogP contribution in [0.4, 0.5) is 4.39 Å². The van der Waals surface area contributed by atoms with Crippen molar-refractivity contribution in [3.63, 3.8) is 0 Å².